The lowest BCUT2D eigenvalue weighted by molar-refractivity contribution is 1.55. The Morgan fingerprint density at radius 3 is 1.88 bits per heavy atom. The minimum Gasteiger partial charge on any atom is -0.487 e. The monoisotopic (exact) mass is 280 g/mol. The molecule has 0 heterocycles. The topological polar surface area (TPSA) is 12.4 Å². The van der Waals surface area contributed by atoms with Gasteiger partial charge >= 0.3 is 0 Å². The van der Waals surface area contributed by atoms with Crippen molar-refractivity contribution in [2.45, 2.75) is 39.3 Å². The van der Waals surface area contributed by atoms with Crippen molar-refractivity contribution in [2.24, 2.45) is 4.66 Å². The third kappa shape index (κ3) is 6.30. The summed E-state index contributed by atoms with van der Waals surface area (Å²) in [6.45, 7) is 14.1. The average molecular weight is 280 g/mol. The van der Waals surface area contributed by atoms with Gasteiger partial charge in [0.25, 0.3) is 0 Å². The molecule has 0 spiro atoms. The van der Waals surface area contributed by atoms with E-state index in [1.807, 2.05) is 0 Å². The summed E-state index contributed by atoms with van der Waals surface area (Å²) in [6.07, 6.45) is 0. The molecule has 0 aromatic heterocycles. The molecule has 1 nitrogen and oxygen atoms in total. The van der Waals surface area contributed by atoms with Crippen LogP contribution >= 0.6 is 8.13 Å². The number of rotatable bonds is 4. The zero-order valence-electron chi connectivity index (χ0n) is 11.8. The minimum absolute atomic E-state index is 1.14. The fourth-order valence-corrected chi connectivity index (χ4v) is 6.90. The Hall–Kier alpha value is -0.246. The molecule has 0 bridgehead atoms. The standard InChI is InChI=1S/C13H23NPSi2/c1-16(2,3)14-13(15-17(4,5)6)12-10-8-7-9-11-12/h7-11H,1-6H3/q-1/b14-13+. The van der Waals surface area contributed by atoms with Crippen molar-refractivity contribution in [3.8, 4) is 0 Å². The maximum absolute atomic E-state index is 5.04. The second-order valence-corrected chi connectivity index (χ2v) is 20.5. The number of benzene rings is 1. The van der Waals surface area contributed by atoms with Gasteiger partial charge in [-0.2, -0.15) is 0 Å². The van der Waals surface area contributed by atoms with Gasteiger partial charge in [0, 0.05) is 0 Å². The Bertz CT molecular complexity index is 388. The summed E-state index contributed by atoms with van der Waals surface area (Å²) >= 11 is 0. The molecule has 0 aliphatic rings. The molecule has 0 N–H and O–H groups in total. The van der Waals surface area contributed by atoms with Gasteiger partial charge in [0.15, 0.2) is 8.24 Å². The van der Waals surface area contributed by atoms with E-state index in [1.165, 1.54) is 19.1 Å². The quantitative estimate of drug-likeness (QED) is 0.416. The van der Waals surface area contributed by atoms with Gasteiger partial charge in [0.05, 0.1) is 0 Å². The van der Waals surface area contributed by atoms with Gasteiger partial charge in [0.2, 0.25) is 0 Å². The van der Waals surface area contributed by atoms with Crippen molar-refractivity contribution in [3.05, 3.63) is 35.9 Å². The molecule has 0 fully saturated rings. The number of hydrogen-bond donors (Lipinski definition) is 0. The average Bonchev–Trinajstić information content (AvgIpc) is 2.14. The van der Waals surface area contributed by atoms with E-state index in [4.69, 9.17) is 4.66 Å². The summed E-state index contributed by atoms with van der Waals surface area (Å²) in [5.41, 5.74) is 2.61. The molecule has 4 heteroatoms. The molecule has 1 aromatic rings. The van der Waals surface area contributed by atoms with Crippen LogP contribution in [0, 0.1) is 0 Å². The van der Waals surface area contributed by atoms with E-state index < -0.39 is 16.0 Å². The molecule has 0 atom stereocenters. The summed E-state index contributed by atoms with van der Waals surface area (Å²) in [7, 11) is -1.08. The molecule has 0 saturated heterocycles. The molecule has 17 heavy (non-hydrogen) atoms. The zero-order chi connectivity index (χ0) is 13.1. The lowest BCUT2D eigenvalue weighted by Crippen LogP contribution is -2.22. The minimum atomic E-state index is -1.40. The molecule has 94 valence electrons. The van der Waals surface area contributed by atoms with Crippen molar-refractivity contribution in [1.29, 1.82) is 0 Å². The van der Waals surface area contributed by atoms with Gasteiger partial charge in [0.1, 0.15) is 0 Å². The predicted molar refractivity (Wildman–Crippen MR) is 86.6 cm³/mol. The van der Waals surface area contributed by atoms with Crippen LogP contribution in [0.25, 0.3) is 0 Å². The Morgan fingerprint density at radius 2 is 1.47 bits per heavy atom. The van der Waals surface area contributed by atoms with Gasteiger partial charge in [-0.25, -0.2) is 0 Å². The summed E-state index contributed by atoms with van der Waals surface area (Å²) in [4.78, 5) is 0. The predicted octanol–water partition coefficient (Wildman–Crippen LogP) is 5.05. The molecular weight excluding hydrogens is 257 g/mol. The summed E-state index contributed by atoms with van der Waals surface area (Å²) in [6, 6.07) is 10.7. The van der Waals surface area contributed by atoms with Crippen molar-refractivity contribution >= 4 is 29.6 Å². The first-order chi connectivity index (χ1) is 7.67. The van der Waals surface area contributed by atoms with Crippen LogP contribution in [0.3, 0.4) is 0 Å². The maximum Gasteiger partial charge on any atom is 0.168 e. The Morgan fingerprint density at radius 1 is 0.941 bits per heavy atom. The van der Waals surface area contributed by atoms with E-state index in [1.54, 1.807) is 0 Å². The smallest absolute Gasteiger partial charge is 0.168 e. The van der Waals surface area contributed by atoms with Crippen LogP contribution in [0.15, 0.2) is 35.0 Å². The third-order valence-corrected chi connectivity index (χ3v) is 6.89. The van der Waals surface area contributed by atoms with E-state index in [-0.39, 0.29) is 0 Å². The highest BCUT2D eigenvalue weighted by atomic mass is 31.3. The van der Waals surface area contributed by atoms with E-state index in [9.17, 15) is 0 Å². The molecule has 0 aliphatic heterocycles. The highest BCUT2D eigenvalue weighted by Gasteiger charge is 2.11. The molecule has 0 unspecified atom stereocenters. The summed E-state index contributed by atoms with van der Waals surface area (Å²) in [5.74, 6) is 0. The van der Waals surface area contributed by atoms with Crippen LogP contribution in [-0.2, 0) is 0 Å². The van der Waals surface area contributed by atoms with Gasteiger partial charge in [-0.15, -0.1) is 5.45 Å². The SMILES string of the molecule is C[Si](C)(C)/N=C(/[P-][Si](C)(C)C)c1ccccc1. The Kier molecular flexibility index (Phi) is 4.88. The van der Waals surface area contributed by atoms with Crippen molar-refractivity contribution < 1.29 is 0 Å². The highest BCUT2D eigenvalue weighted by molar-refractivity contribution is 7.93. The molecule has 0 aliphatic carbocycles. The second-order valence-electron chi connectivity index (χ2n) is 6.25. The van der Waals surface area contributed by atoms with Crippen LogP contribution < -0.4 is 0 Å². The highest BCUT2D eigenvalue weighted by Crippen LogP contribution is 2.32. The van der Waals surface area contributed by atoms with Gasteiger partial charge < -0.3 is 12.8 Å². The van der Waals surface area contributed by atoms with Crippen LogP contribution in [0.2, 0.25) is 39.3 Å². The molecule has 0 radical (unpaired) electrons. The van der Waals surface area contributed by atoms with Crippen LogP contribution in [0.5, 0.6) is 0 Å². The van der Waals surface area contributed by atoms with Gasteiger partial charge in [-0.1, -0.05) is 77.4 Å². The summed E-state index contributed by atoms with van der Waals surface area (Å²) < 4.78 is 5.04. The zero-order valence-corrected chi connectivity index (χ0v) is 14.7. The van der Waals surface area contributed by atoms with E-state index in [0.717, 1.165) is 0 Å². The van der Waals surface area contributed by atoms with E-state index in [2.05, 4.69) is 69.6 Å². The molecule has 1 rings (SSSR count). The van der Waals surface area contributed by atoms with E-state index >= 15 is 0 Å². The van der Waals surface area contributed by atoms with Gasteiger partial charge in [-0.3, -0.25) is 0 Å². The lowest BCUT2D eigenvalue weighted by atomic mass is 10.2. The number of nitrogens with zero attached hydrogens (tertiary/aromatic N) is 1. The first kappa shape index (κ1) is 14.8. The lowest BCUT2D eigenvalue weighted by Gasteiger charge is -2.36. The number of hydrogen-bond acceptors (Lipinski definition) is 1. The van der Waals surface area contributed by atoms with Crippen molar-refractivity contribution in [2.75, 3.05) is 0 Å². The fraction of sp³-hybridized carbons (Fsp3) is 0.462. The fourth-order valence-electron chi connectivity index (χ4n) is 1.38. The van der Waals surface area contributed by atoms with Crippen LogP contribution in [0.1, 0.15) is 5.56 Å². The third-order valence-electron chi connectivity index (χ3n) is 1.91. The van der Waals surface area contributed by atoms with Crippen molar-refractivity contribution in [1.82, 2.24) is 0 Å². The normalized spacial score (nSPS) is 14.6. The van der Waals surface area contributed by atoms with Crippen LogP contribution in [0.4, 0.5) is 0 Å². The molecule has 1 aromatic carbocycles. The Labute approximate surface area is 109 Å². The van der Waals surface area contributed by atoms with Crippen molar-refractivity contribution in [3.63, 3.8) is 0 Å². The first-order valence-electron chi connectivity index (χ1n) is 6.06. The summed E-state index contributed by atoms with van der Waals surface area (Å²) in [5, 5.41) is 0. The van der Waals surface area contributed by atoms with E-state index in [0.29, 0.717) is 0 Å². The molecule has 0 amide bonds. The van der Waals surface area contributed by atoms with Gasteiger partial charge in [-0.05, 0) is 5.56 Å². The maximum atomic E-state index is 5.04. The first-order valence-corrected chi connectivity index (χ1v) is 14.7. The second kappa shape index (κ2) is 5.60. The Balaban J connectivity index is 3.09. The molecule has 0 saturated carbocycles. The largest absolute Gasteiger partial charge is 0.487 e. The van der Waals surface area contributed by atoms with Crippen LogP contribution in [-0.4, -0.2) is 21.4 Å². The molecular formula is C13H23NPSi2-.